The highest BCUT2D eigenvalue weighted by molar-refractivity contribution is 9.10. The fraction of sp³-hybridized carbons (Fsp3) is 0.214. The largest absolute Gasteiger partial charge is 0.476 e. The summed E-state index contributed by atoms with van der Waals surface area (Å²) in [5, 5.41) is 9.09. The molecule has 20 heavy (non-hydrogen) atoms. The van der Waals surface area contributed by atoms with Gasteiger partial charge in [-0.25, -0.2) is 19.2 Å². The summed E-state index contributed by atoms with van der Waals surface area (Å²) in [6.07, 6.45) is 1.41. The number of halogens is 2. The van der Waals surface area contributed by atoms with Crippen LogP contribution < -0.4 is 0 Å². The molecule has 1 aromatic heterocycles. The van der Waals surface area contributed by atoms with Crippen molar-refractivity contribution >= 4 is 21.9 Å². The molecule has 2 aromatic rings. The topological polar surface area (TPSA) is 63.1 Å². The third kappa shape index (κ3) is 2.70. The van der Waals surface area contributed by atoms with E-state index in [1.165, 1.54) is 18.3 Å². The molecule has 0 aliphatic rings. The molecule has 0 saturated heterocycles. The van der Waals surface area contributed by atoms with Crippen molar-refractivity contribution in [1.82, 2.24) is 9.97 Å². The molecule has 6 heteroatoms. The second-order valence-corrected chi connectivity index (χ2v) is 5.68. The van der Waals surface area contributed by atoms with Gasteiger partial charge in [0.15, 0.2) is 5.69 Å². The van der Waals surface area contributed by atoms with Crippen LogP contribution in [-0.2, 0) is 5.41 Å². The summed E-state index contributed by atoms with van der Waals surface area (Å²) in [5.41, 5.74) is 0.0845. The maximum Gasteiger partial charge on any atom is 0.355 e. The van der Waals surface area contributed by atoms with Gasteiger partial charge in [-0.2, -0.15) is 0 Å². The number of carboxylic acids is 1. The van der Waals surface area contributed by atoms with Gasteiger partial charge in [-0.15, -0.1) is 0 Å². The van der Waals surface area contributed by atoms with Crippen molar-refractivity contribution in [2.45, 2.75) is 19.3 Å². The number of nitrogens with zero attached hydrogens (tertiary/aromatic N) is 2. The van der Waals surface area contributed by atoms with Crippen molar-refractivity contribution in [2.75, 3.05) is 0 Å². The number of hydrogen-bond acceptors (Lipinski definition) is 3. The first-order valence-corrected chi connectivity index (χ1v) is 6.64. The number of aromatic nitrogens is 2. The first kappa shape index (κ1) is 14.6. The summed E-state index contributed by atoms with van der Waals surface area (Å²) in [5.74, 6) is -1.09. The molecule has 2 rings (SSSR count). The van der Waals surface area contributed by atoms with Gasteiger partial charge in [-0.05, 0) is 47.5 Å². The van der Waals surface area contributed by atoms with Crippen molar-refractivity contribution in [1.29, 1.82) is 0 Å². The lowest BCUT2D eigenvalue weighted by molar-refractivity contribution is 0.0688. The maximum absolute atomic E-state index is 13.0. The Bertz CT molecular complexity index is 657. The third-order valence-corrected chi connectivity index (χ3v) is 3.65. The normalized spacial score (nSPS) is 11.4. The second-order valence-electron chi connectivity index (χ2n) is 4.83. The fourth-order valence-electron chi connectivity index (χ4n) is 1.81. The van der Waals surface area contributed by atoms with Crippen molar-refractivity contribution in [2.24, 2.45) is 0 Å². The minimum atomic E-state index is -1.13. The van der Waals surface area contributed by atoms with Crippen LogP contribution in [0.4, 0.5) is 4.39 Å². The number of carbonyl (C=O) groups is 1. The van der Waals surface area contributed by atoms with Crippen molar-refractivity contribution < 1.29 is 14.3 Å². The van der Waals surface area contributed by atoms with E-state index in [1.54, 1.807) is 12.1 Å². The molecule has 0 bridgehead atoms. The summed E-state index contributed by atoms with van der Waals surface area (Å²) in [4.78, 5) is 19.4. The number of hydrogen-bond donors (Lipinski definition) is 1. The second kappa shape index (κ2) is 5.28. The SMILES string of the molecule is CC(C)(c1ccc(F)cc1)c1ncc(Br)c(C(=O)O)n1. The molecule has 0 radical (unpaired) electrons. The molecule has 0 fully saturated rings. The van der Waals surface area contributed by atoms with Gasteiger partial charge in [-0.3, -0.25) is 0 Å². The summed E-state index contributed by atoms with van der Waals surface area (Å²) in [7, 11) is 0. The lowest BCUT2D eigenvalue weighted by Gasteiger charge is -2.23. The van der Waals surface area contributed by atoms with Crippen LogP contribution >= 0.6 is 15.9 Å². The molecule has 0 atom stereocenters. The van der Waals surface area contributed by atoms with Gasteiger partial charge in [0, 0.05) is 11.6 Å². The zero-order valence-electron chi connectivity index (χ0n) is 10.9. The molecule has 0 unspecified atom stereocenters. The standard InChI is InChI=1S/C14H12BrFN2O2/c1-14(2,8-3-5-9(16)6-4-8)13-17-7-10(15)11(18-13)12(19)20/h3-7H,1-2H3,(H,19,20). The highest BCUT2D eigenvalue weighted by Crippen LogP contribution is 2.30. The Morgan fingerprint density at radius 3 is 2.45 bits per heavy atom. The zero-order valence-corrected chi connectivity index (χ0v) is 12.5. The lowest BCUT2D eigenvalue weighted by Crippen LogP contribution is -2.24. The van der Waals surface area contributed by atoms with E-state index >= 15 is 0 Å². The predicted molar refractivity (Wildman–Crippen MR) is 75.2 cm³/mol. The Kier molecular flexibility index (Phi) is 3.85. The molecule has 1 heterocycles. The Morgan fingerprint density at radius 1 is 1.30 bits per heavy atom. The third-order valence-electron chi connectivity index (χ3n) is 3.07. The quantitative estimate of drug-likeness (QED) is 0.931. The van der Waals surface area contributed by atoms with Gasteiger partial charge >= 0.3 is 5.97 Å². The van der Waals surface area contributed by atoms with Crippen molar-refractivity contribution in [3.63, 3.8) is 0 Å². The Hall–Kier alpha value is -1.82. The maximum atomic E-state index is 13.0. The highest BCUT2D eigenvalue weighted by Gasteiger charge is 2.28. The number of rotatable bonds is 3. The van der Waals surface area contributed by atoms with Crippen LogP contribution in [0.2, 0.25) is 0 Å². The summed E-state index contributed by atoms with van der Waals surface area (Å²) < 4.78 is 13.3. The average molecular weight is 339 g/mol. The lowest BCUT2D eigenvalue weighted by atomic mass is 9.83. The smallest absolute Gasteiger partial charge is 0.355 e. The van der Waals surface area contributed by atoms with Crippen LogP contribution in [0.15, 0.2) is 34.9 Å². The molecule has 4 nitrogen and oxygen atoms in total. The van der Waals surface area contributed by atoms with Crippen molar-refractivity contribution in [3.05, 3.63) is 57.8 Å². The van der Waals surface area contributed by atoms with Gasteiger partial charge in [0.05, 0.1) is 4.47 Å². The highest BCUT2D eigenvalue weighted by atomic mass is 79.9. The van der Waals surface area contributed by atoms with Crippen molar-refractivity contribution in [3.8, 4) is 0 Å². The van der Waals surface area contributed by atoms with Gasteiger partial charge in [0.1, 0.15) is 11.6 Å². The van der Waals surface area contributed by atoms with Gasteiger partial charge in [-0.1, -0.05) is 12.1 Å². The molecular weight excluding hydrogens is 327 g/mol. The molecule has 1 aromatic carbocycles. The van der Waals surface area contributed by atoms with E-state index in [4.69, 9.17) is 5.11 Å². The molecule has 0 saturated carbocycles. The van der Waals surface area contributed by atoms with E-state index < -0.39 is 11.4 Å². The van der Waals surface area contributed by atoms with Crippen LogP contribution in [-0.4, -0.2) is 21.0 Å². The minimum absolute atomic E-state index is 0.0924. The minimum Gasteiger partial charge on any atom is -0.476 e. The van der Waals surface area contributed by atoms with E-state index in [2.05, 4.69) is 25.9 Å². The van der Waals surface area contributed by atoms with Gasteiger partial charge in [0.25, 0.3) is 0 Å². The monoisotopic (exact) mass is 338 g/mol. The summed E-state index contributed by atoms with van der Waals surface area (Å²) in [6.45, 7) is 3.71. The first-order chi connectivity index (χ1) is 9.32. The number of benzene rings is 1. The Balaban J connectivity index is 2.51. The predicted octanol–water partition coefficient (Wildman–Crippen LogP) is 3.40. The summed E-state index contributed by atoms with van der Waals surface area (Å²) >= 11 is 3.11. The van der Waals surface area contributed by atoms with Crippen LogP contribution in [0.5, 0.6) is 0 Å². The van der Waals surface area contributed by atoms with E-state index in [0.29, 0.717) is 10.3 Å². The average Bonchev–Trinajstić information content (AvgIpc) is 2.39. The number of carboxylic acid groups (broad SMARTS) is 1. The van der Waals surface area contributed by atoms with E-state index in [1.807, 2.05) is 13.8 Å². The van der Waals surface area contributed by atoms with Gasteiger partial charge in [0.2, 0.25) is 0 Å². The van der Waals surface area contributed by atoms with E-state index in [9.17, 15) is 9.18 Å². The number of aromatic carboxylic acids is 1. The van der Waals surface area contributed by atoms with Crippen LogP contribution in [0.25, 0.3) is 0 Å². The van der Waals surface area contributed by atoms with Gasteiger partial charge < -0.3 is 5.11 Å². The molecule has 0 amide bonds. The van der Waals surface area contributed by atoms with Crippen LogP contribution in [0.3, 0.4) is 0 Å². The molecule has 0 spiro atoms. The summed E-state index contributed by atoms with van der Waals surface area (Å²) in [6, 6.07) is 5.99. The Labute approximate surface area is 123 Å². The van der Waals surface area contributed by atoms with Crippen LogP contribution in [0, 0.1) is 5.82 Å². The first-order valence-electron chi connectivity index (χ1n) is 5.84. The fourth-order valence-corrected chi connectivity index (χ4v) is 2.17. The molecule has 104 valence electrons. The Morgan fingerprint density at radius 2 is 1.90 bits per heavy atom. The molecular formula is C14H12BrFN2O2. The molecule has 1 N–H and O–H groups in total. The molecule has 0 aliphatic carbocycles. The molecule has 0 aliphatic heterocycles. The zero-order chi connectivity index (χ0) is 14.9. The van der Waals surface area contributed by atoms with E-state index in [0.717, 1.165) is 5.56 Å². The van der Waals surface area contributed by atoms with E-state index in [-0.39, 0.29) is 11.5 Å². The van der Waals surface area contributed by atoms with Crippen LogP contribution in [0.1, 0.15) is 35.7 Å².